The Kier molecular flexibility index (Phi) is 4.17. The van der Waals surface area contributed by atoms with Gasteiger partial charge in [0.25, 0.3) is 5.91 Å². The van der Waals surface area contributed by atoms with Crippen LogP contribution in [0.25, 0.3) is 20.8 Å². The van der Waals surface area contributed by atoms with Crippen LogP contribution in [0.15, 0.2) is 60.9 Å². The van der Waals surface area contributed by atoms with Gasteiger partial charge in [0, 0.05) is 23.5 Å². The zero-order chi connectivity index (χ0) is 19.1. The maximum absolute atomic E-state index is 12.8. The first-order valence-electron chi connectivity index (χ1n) is 9.39. The third kappa shape index (κ3) is 3.08. The number of carbonyl (C=O) groups is 1. The summed E-state index contributed by atoms with van der Waals surface area (Å²) >= 11 is 1.59. The molecule has 0 aliphatic heterocycles. The number of amides is 1. The van der Waals surface area contributed by atoms with Gasteiger partial charge in [-0.2, -0.15) is 0 Å². The van der Waals surface area contributed by atoms with Crippen LogP contribution < -0.4 is 5.32 Å². The molecule has 138 valence electrons. The van der Waals surface area contributed by atoms with Crippen LogP contribution in [0.1, 0.15) is 39.5 Å². The average molecular weight is 385 g/mol. The molecule has 0 bridgehead atoms. The van der Waals surface area contributed by atoms with Crippen LogP contribution in [0.5, 0.6) is 0 Å². The van der Waals surface area contributed by atoms with E-state index < -0.39 is 0 Å². The molecule has 0 saturated carbocycles. The highest BCUT2D eigenvalue weighted by molar-refractivity contribution is 7.21. The van der Waals surface area contributed by atoms with Gasteiger partial charge in [-0.15, -0.1) is 11.3 Å². The predicted molar refractivity (Wildman–Crippen MR) is 113 cm³/mol. The summed E-state index contributed by atoms with van der Waals surface area (Å²) in [7, 11) is 0. The van der Waals surface area contributed by atoms with E-state index in [0.29, 0.717) is 5.56 Å². The van der Waals surface area contributed by atoms with Gasteiger partial charge < -0.3 is 5.32 Å². The molecule has 0 saturated heterocycles. The summed E-state index contributed by atoms with van der Waals surface area (Å²) in [5.41, 5.74) is 6.27. The van der Waals surface area contributed by atoms with Crippen molar-refractivity contribution >= 4 is 27.5 Å². The predicted octanol–water partition coefficient (Wildman–Crippen LogP) is 5.08. The molecule has 2 aromatic heterocycles. The van der Waals surface area contributed by atoms with E-state index in [1.807, 2.05) is 43.6 Å². The fraction of sp³-hybridized carbons (Fsp3) is 0.174. The minimum atomic E-state index is -0.0317. The van der Waals surface area contributed by atoms with Crippen LogP contribution in [0, 0.1) is 6.92 Å². The number of rotatable bonds is 3. The highest BCUT2D eigenvalue weighted by atomic mass is 32.1. The largest absolute Gasteiger partial charge is 0.345 e. The summed E-state index contributed by atoms with van der Waals surface area (Å²) in [5, 5.41) is 4.12. The van der Waals surface area contributed by atoms with E-state index in [2.05, 4.69) is 34.6 Å². The summed E-state index contributed by atoms with van der Waals surface area (Å²) in [6.07, 6.45) is 5.64. The molecule has 0 unspecified atom stereocenters. The number of nitrogens with zero attached hydrogens (tertiary/aromatic N) is 2. The van der Waals surface area contributed by atoms with Crippen molar-refractivity contribution in [2.75, 3.05) is 0 Å². The van der Waals surface area contributed by atoms with Gasteiger partial charge in [0.2, 0.25) is 0 Å². The number of hydrogen-bond acceptors (Lipinski definition) is 4. The fourth-order valence-electron chi connectivity index (χ4n) is 3.81. The number of thiazole rings is 1. The molecule has 1 atom stereocenters. The first-order chi connectivity index (χ1) is 13.7. The normalized spacial score (nSPS) is 15.5. The molecule has 0 fully saturated rings. The first-order valence-corrected chi connectivity index (χ1v) is 10.2. The van der Waals surface area contributed by atoms with Crippen molar-refractivity contribution in [3.8, 4) is 10.6 Å². The van der Waals surface area contributed by atoms with Crippen molar-refractivity contribution in [2.24, 2.45) is 0 Å². The van der Waals surface area contributed by atoms with Gasteiger partial charge in [0.1, 0.15) is 5.01 Å². The molecule has 0 radical (unpaired) electrons. The topological polar surface area (TPSA) is 54.9 Å². The molecule has 1 amide bonds. The molecule has 2 aromatic carbocycles. The number of carbonyl (C=O) groups excluding carboxylic acids is 1. The minimum Gasteiger partial charge on any atom is -0.345 e. The van der Waals surface area contributed by atoms with Crippen LogP contribution in [0.4, 0.5) is 0 Å². The van der Waals surface area contributed by atoms with Crippen LogP contribution in [0.2, 0.25) is 0 Å². The number of aromatic nitrogens is 2. The van der Waals surface area contributed by atoms with E-state index in [-0.39, 0.29) is 11.9 Å². The molecular weight excluding hydrogens is 366 g/mol. The molecule has 0 spiro atoms. The Morgan fingerprint density at radius 1 is 1.14 bits per heavy atom. The SMILES string of the molecule is Cc1cncc(-c2nc3ccc(C(=O)N[C@H]4CCc5ccccc54)cc3s2)c1. The number of hydrogen-bond donors (Lipinski definition) is 1. The average Bonchev–Trinajstić information content (AvgIpc) is 3.32. The standard InChI is InChI=1S/C23H19N3OS/c1-14-10-17(13-24-12-14)23-26-20-9-7-16(11-21(20)28-23)22(27)25-19-8-6-15-4-2-3-5-18(15)19/h2-5,7,9-13,19H,6,8H2,1H3,(H,25,27)/t19-/m0/s1. The van der Waals surface area contributed by atoms with Gasteiger partial charge in [-0.1, -0.05) is 24.3 Å². The third-order valence-corrected chi connectivity index (χ3v) is 6.28. The maximum Gasteiger partial charge on any atom is 0.251 e. The molecule has 1 aliphatic carbocycles. The van der Waals surface area contributed by atoms with Crippen molar-refractivity contribution in [3.63, 3.8) is 0 Å². The van der Waals surface area contributed by atoms with Crippen molar-refractivity contribution in [3.05, 3.63) is 83.2 Å². The number of benzene rings is 2. The van der Waals surface area contributed by atoms with E-state index in [4.69, 9.17) is 4.98 Å². The lowest BCUT2D eigenvalue weighted by molar-refractivity contribution is 0.0937. The second-order valence-corrected chi connectivity index (χ2v) is 8.25. The monoisotopic (exact) mass is 385 g/mol. The van der Waals surface area contributed by atoms with E-state index >= 15 is 0 Å². The third-order valence-electron chi connectivity index (χ3n) is 5.21. The zero-order valence-corrected chi connectivity index (χ0v) is 16.3. The number of fused-ring (bicyclic) bond motifs is 2. The molecule has 5 rings (SSSR count). The highest BCUT2D eigenvalue weighted by Gasteiger charge is 2.24. The summed E-state index contributed by atoms with van der Waals surface area (Å²) in [6, 6.07) is 16.2. The Bertz CT molecular complexity index is 1200. The zero-order valence-electron chi connectivity index (χ0n) is 15.5. The fourth-order valence-corrected chi connectivity index (χ4v) is 4.80. The lowest BCUT2D eigenvalue weighted by atomic mass is 10.1. The van der Waals surface area contributed by atoms with E-state index in [0.717, 1.165) is 39.2 Å². The summed E-state index contributed by atoms with van der Waals surface area (Å²) in [4.78, 5) is 21.8. The number of aryl methyl sites for hydroxylation is 2. The Balaban J connectivity index is 1.41. The summed E-state index contributed by atoms with van der Waals surface area (Å²) < 4.78 is 1.01. The molecule has 2 heterocycles. The van der Waals surface area contributed by atoms with Gasteiger partial charge >= 0.3 is 0 Å². The van der Waals surface area contributed by atoms with Gasteiger partial charge in [0.05, 0.1) is 16.3 Å². The Morgan fingerprint density at radius 3 is 2.93 bits per heavy atom. The molecule has 1 N–H and O–H groups in total. The number of nitrogens with one attached hydrogen (secondary N) is 1. The number of pyridine rings is 1. The van der Waals surface area contributed by atoms with Gasteiger partial charge in [0.15, 0.2) is 0 Å². The smallest absolute Gasteiger partial charge is 0.251 e. The van der Waals surface area contributed by atoms with Crippen molar-refractivity contribution < 1.29 is 4.79 Å². The molecular formula is C23H19N3OS. The summed E-state index contributed by atoms with van der Waals surface area (Å²) in [6.45, 7) is 2.02. The van der Waals surface area contributed by atoms with Gasteiger partial charge in [-0.3, -0.25) is 9.78 Å². The second kappa shape index (κ2) is 6.84. The van der Waals surface area contributed by atoms with Crippen LogP contribution in [0.3, 0.4) is 0 Å². The molecule has 4 aromatic rings. The first kappa shape index (κ1) is 17.1. The molecule has 4 nitrogen and oxygen atoms in total. The lowest BCUT2D eigenvalue weighted by Gasteiger charge is -2.14. The Hall–Kier alpha value is -3.05. The molecule has 1 aliphatic rings. The van der Waals surface area contributed by atoms with E-state index in [9.17, 15) is 4.79 Å². The van der Waals surface area contributed by atoms with E-state index in [1.54, 1.807) is 11.3 Å². The highest BCUT2D eigenvalue weighted by Crippen LogP contribution is 2.32. The maximum atomic E-state index is 12.8. The Labute approximate surface area is 167 Å². The van der Waals surface area contributed by atoms with Crippen molar-refractivity contribution in [2.45, 2.75) is 25.8 Å². The Morgan fingerprint density at radius 2 is 2.04 bits per heavy atom. The van der Waals surface area contributed by atoms with Crippen LogP contribution in [-0.4, -0.2) is 15.9 Å². The van der Waals surface area contributed by atoms with Crippen molar-refractivity contribution in [1.29, 1.82) is 0 Å². The van der Waals surface area contributed by atoms with Crippen LogP contribution in [-0.2, 0) is 6.42 Å². The van der Waals surface area contributed by atoms with Gasteiger partial charge in [-0.25, -0.2) is 4.98 Å². The van der Waals surface area contributed by atoms with E-state index in [1.165, 1.54) is 11.1 Å². The van der Waals surface area contributed by atoms with Gasteiger partial charge in [-0.05, 0) is 60.7 Å². The van der Waals surface area contributed by atoms with Crippen molar-refractivity contribution in [1.82, 2.24) is 15.3 Å². The lowest BCUT2D eigenvalue weighted by Crippen LogP contribution is -2.27. The quantitative estimate of drug-likeness (QED) is 0.535. The van der Waals surface area contributed by atoms with Crippen LogP contribution >= 0.6 is 11.3 Å². The molecule has 5 heteroatoms. The second-order valence-electron chi connectivity index (χ2n) is 7.22. The minimum absolute atomic E-state index is 0.0317. The summed E-state index contributed by atoms with van der Waals surface area (Å²) in [5.74, 6) is -0.0317. The molecule has 28 heavy (non-hydrogen) atoms.